The predicted molar refractivity (Wildman–Crippen MR) is 94.7 cm³/mol. The van der Waals surface area contributed by atoms with Gasteiger partial charge in [0, 0.05) is 0 Å². The monoisotopic (exact) mass is 366 g/mol. The van der Waals surface area contributed by atoms with Crippen LogP contribution in [0.2, 0.25) is 0 Å². The summed E-state index contributed by atoms with van der Waals surface area (Å²) in [5.41, 5.74) is 2.31. The number of hydrogen-bond donors (Lipinski definition) is 2. The third kappa shape index (κ3) is 3.68. The van der Waals surface area contributed by atoms with E-state index in [0.29, 0.717) is 6.42 Å². The van der Waals surface area contributed by atoms with Gasteiger partial charge in [-0.1, -0.05) is 24.3 Å². The Bertz CT molecular complexity index is 954. The molecule has 0 fully saturated rings. The minimum absolute atomic E-state index is 0.0510. The Kier molecular flexibility index (Phi) is 4.60. The molecule has 2 unspecified atom stereocenters. The van der Waals surface area contributed by atoms with Crippen LogP contribution in [-0.4, -0.2) is 26.4 Å². The zero-order chi connectivity index (χ0) is 18.8. The lowest BCUT2D eigenvalue weighted by molar-refractivity contribution is 0.0593. The van der Waals surface area contributed by atoms with E-state index < -0.39 is 18.0 Å². The first kappa shape index (κ1) is 17.2. The number of aryl methyl sites for hydroxylation is 1. The minimum atomic E-state index is -1.30. The van der Waals surface area contributed by atoms with Crippen molar-refractivity contribution in [3.63, 3.8) is 0 Å². The molecule has 7 heteroatoms. The van der Waals surface area contributed by atoms with Crippen LogP contribution in [0.25, 0.3) is 0 Å². The zero-order valence-corrected chi connectivity index (χ0v) is 14.4. The van der Waals surface area contributed by atoms with Crippen molar-refractivity contribution < 1.29 is 24.2 Å². The van der Waals surface area contributed by atoms with Gasteiger partial charge in [0.25, 0.3) is 0 Å². The summed E-state index contributed by atoms with van der Waals surface area (Å²) in [5, 5.41) is 26.5. The van der Waals surface area contributed by atoms with E-state index in [1.807, 2.05) is 48.5 Å². The predicted octanol–water partition coefficient (Wildman–Crippen LogP) is 3.40. The lowest BCUT2D eigenvalue weighted by atomic mass is 9.81. The van der Waals surface area contributed by atoms with E-state index in [0.717, 1.165) is 29.9 Å². The van der Waals surface area contributed by atoms with Crippen molar-refractivity contribution in [2.75, 3.05) is 0 Å². The second-order valence-electron chi connectivity index (χ2n) is 6.54. The van der Waals surface area contributed by atoms with Crippen LogP contribution in [0.1, 0.15) is 40.2 Å². The molecule has 2 aromatic carbocycles. The number of benzene rings is 2. The molecule has 2 N–H and O–H groups in total. The van der Waals surface area contributed by atoms with E-state index >= 15 is 0 Å². The number of nitrogens with zero attached hydrogens (tertiary/aromatic N) is 2. The summed E-state index contributed by atoms with van der Waals surface area (Å²) in [4.78, 5) is 10.8. The van der Waals surface area contributed by atoms with Crippen molar-refractivity contribution in [2.24, 2.45) is 5.92 Å². The number of aliphatic hydroxyl groups is 1. The van der Waals surface area contributed by atoms with E-state index in [4.69, 9.17) is 14.3 Å². The summed E-state index contributed by atoms with van der Waals surface area (Å²) in [6.45, 7) is 0. The Morgan fingerprint density at radius 1 is 1.11 bits per heavy atom. The van der Waals surface area contributed by atoms with Gasteiger partial charge in [-0.15, -0.1) is 10.2 Å². The SMILES string of the molecule is O=C(O)c1nnc(C(O)C2CCc3cc(Oc4ccccc4)ccc3C2)o1. The van der Waals surface area contributed by atoms with Crippen molar-refractivity contribution >= 4 is 5.97 Å². The molecule has 0 saturated heterocycles. The first-order valence-electron chi connectivity index (χ1n) is 8.69. The molecule has 1 aliphatic rings. The number of hydrogen-bond acceptors (Lipinski definition) is 6. The summed E-state index contributed by atoms with van der Waals surface area (Å²) in [5.74, 6) is -0.414. The fraction of sp³-hybridized carbons (Fsp3) is 0.250. The Hall–Kier alpha value is -3.19. The van der Waals surface area contributed by atoms with Crippen molar-refractivity contribution in [3.05, 3.63) is 71.4 Å². The van der Waals surface area contributed by atoms with Crippen LogP contribution in [0, 0.1) is 5.92 Å². The van der Waals surface area contributed by atoms with E-state index in [1.54, 1.807) is 0 Å². The molecule has 2 atom stereocenters. The number of aliphatic hydroxyl groups excluding tert-OH is 1. The molecule has 3 aromatic rings. The largest absolute Gasteiger partial charge is 0.474 e. The molecule has 0 aliphatic heterocycles. The zero-order valence-electron chi connectivity index (χ0n) is 14.4. The van der Waals surface area contributed by atoms with Crippen molar-refractivity contribution in [1.29, 1.82) is 0 Å². The Morgan fingerprint density at radius 2 is 1.93 bits per heavy atom. The lowest BCUT2D eigenvalue weighted by Gasteiger charge is -2.27. The van der Waals surface area contributed by atoms with Gasteiger partial charge in [-0.05, 0) is 60.6 Å². The average molecular weight is 366 g/mol. The summed E-state index contributed by atoms with van der Waals surface area (Å²) in [6.07, 6.45) is 1.17. The van der Waals surface area contributed by atoms with Crippen LogP contribution in [0.15, 0.2) is 52.9 Å². The maximum Gasteiger partial charge on any atom is 0.393 e. The molecule has 0 spiro atoms. The molecule has 1 aliphatic carbocycles. The number of fused-ring (bicyclic) bond motifs is 1. The van der Waals surface area contributed by atoms with Gasteiger partial charge in [0.05, 0.1) is 0 Å². The van der Waals surface area contributed by atoms with Crippen LogP contribution < -0.4 is 4.74 Å². The van der Waals surface area contributed by atoms with Gasteiger partial charge in [0.2, 0.25) is 5.89 Å². The van der Waals surface area contributed by atoms with Crippen LogP contribution >= 0.6 is 0 Å². The number of carbonyl (C=O) groups is 1. The smallest absolute Gasteiger partial charge is 0.393 e. The second kappa shape index (κ2) is 7.20. The quantitative estimate of drug-likeness (QED) is 0.713. The summed E-state index contributed by atoms with van der Waals surface area (Å²) in [7, 11) is 0. The Balaban J connectivity index is 1.47. The fourth-order valence-corrected chi connectivity index (χ4v) is 3.36. The van der Waals surface area contributed by atoms with Gasteiger partial charge in [-0.25, -0.2) is 4.79 Å². The highest BCUT2D eigenvalue weighted by molar-refractivity contribution is 5.81. The molecule has 0 amide bonds. The molecular formula is C20H18N2O5. The first-order valence-corrected chi connectivity index (χ1v) is 8.69. The highest BCUT2D eigenvalue weighted by Crippen LogP contribution is 2.35. The van der Waals surface area contributed by atoms with Gasteiger partial charge in [-0.3, -0.25) is 0 Å². The molecule has 1 heterocycles. The van der Waals surface area contributed by atoms with Crippen LogP contribution in [0.5, 0.6) is 11.5 Å². The van der Waals surface area contributed by atoms with Crippen molar-refractivity contribution in [3.8, 4) is 11.5 Å². The van der Waals surface area contributed by atoms with E-state index in [9.17, 15) is 9.90 Å². The summed E-state index contributed by atoms with van der Waals surface area (Å²) in [6, 6.07) is 15.5. The van der Waals surface area contributed by atoms with E-state index in [1.165, 1.54) is 5.56 Å². The Labute approximate surface area is 155 Å². The molecule has 1 aromatic heterocycles. The maximum absolute atomic E-state index is 10.8. The number of carboxylic acid groups (broad SMARTS) is 1. The number of aromatic nitrogens is 2. The van der Waals surface area contributed by atoms with Gasteiger partial charge in [0.15, 0.2) is 0 Å². The number of carboxylic acids is 1. The molecule has 7 nitrogen and oxygen atoms in total. The maximum atomic E-state index is 10.8. The van der Waals surface area contributed by atoms with Gasteiger partial charge >= 0.3 is 11.9 Å². The van der Waals surface area contributed by atoms with Crippen molar-refractivity contribution in [1.82, 2.24) is 10.2 Å². The van der Waals surface area contributed by atoms with Crippen LogP contribution in [0.3, 0.4) is 0 Å². The number of aromatic carboxylic acids is 1. The molecule has 27 heavy (non-hydrogen) atoms. The molecular weight excluding hydrogens is 348 g/mol. The fourth-order valence-electron chi connectivity index (χ4n) is 3.36. The van der Waals surface area contributed by atoms with E-state index in [-0.39, 0.29) is 11.8 Å². The third-order valence-corrected chi connectivity index (χ3v) is 4.75. The van der Waals surface area contributed by atoms with Crippen LogP contribution in [-0.2, 0) is 12.8 Å². The molecule has 0 bridgehead atoms. The standard InChI is InChI=1S/C20H18N2O5/c23-17(18-21-22-19(27-18)20(24)25)14-7-6-13-11-16(9-8-12(13)10-14)26-15-4-2-1-3-5-15/h1-5,8-9,11,14,17,23H,6-7,10H2,(H,24,25). The van der Waals surface area contributed by atoms with Gasteiger partial charge in [-0.2, -0.15) is 0 Å². The minimum Gasteiger partial charge on any atom is -0.474 e. The normalized spacial score (nSPS) is 17.1. The summed E-state index contributed by atoms with van der Waals surface area (Å²) >= 11 is 0. The van der Waals surface area contributed by atoms with E-state index in [2.05, 4.69) is 10.2 Å². The highest BCUT2D eigenvalue weighted by atomic mass is 16.5. The lowest BCUT2D eigenvalue weighted by Crippen LogP contribution is -2.21. The van der Waals surface area contributed by atoms with Gasteiger partial charge in [0.1, 0.15) is 17.6 Å². The summed E-state index contributed by atoms with van der Waals surface area (Å²) < 4.78 is 10.9. The van der Waals surface area contributed by atoms with Gasteiger partial charge < -0.3 is 19.4 Å². The number of rotatable bonds is 5. The average Bonchev–Trinajstić information content (AvgIpc) is 3.18. The molecule has 138 valence electrons. The third-order valence-electron chi connectivity index (χ3n) is 4.75. The molecule has 0 saturated carbocycles. The highest BCUT2D eigenvalue weighted by Gasteiger charge is 2.30. The Morgan fingerprint density at radius 3 is 2.67 bits per heavy atom. The number of ether oxygens (including phenoxy) is 1. The first-order chi connectivity index (χ1) is 13.1. The number of para-hydroxylation sites is 1. The second-order valence-corrected chi connectivity index (χ2v) is 6.54. The topological polar surface area (TPSA) is 106 Å². The molecule has 4 rings (SSSR count). The van der Waals surface area contributed by atoms with Crippen molar-refractivity contribution in [2.45, 2.75) is 25.4 Å². The van der Waals surface area contributed by atoms with Crippen LogP contribution in [0.4, 0.5) is 0 Å². The molecule has 0 radical (unpaired) electrons.